The number of hydrogen-bond acceptors (Lipinski definition) is 10. The Hall–Kier alpha value is -5.31. The Morgan fingerprint density at radius 1 is 1.25 bits per heavy atom. The van der Waals surface area contributed by atoms with Crippen molar-refractivity contribution in [2.24, 2.45) is 0 Å². The highest BCUT2D eigenvalue weighted by Gasteiger charge is 2.57. The average molecular weight is 608 g/mol. The third-order valence-electron chi connectivity index (χ3n) is 7.71. The van der Waals surface area contributed by atoms with Gasteiger partial charge in [-0.15, -0.1) is 0 Å². The number of carbonyl (C=O) groups is 5. The fourth-order valence-electron chi connectivity index (χ4n) is 5.49. The van der Waals surface area contributed by atoms with E-state index in [-0.39, 0.29) is 65.0 Å². The van der Waals surface area contributed by atoms with E-state index >= 15 is 4.39 Å². The molecule has 15 heteroatoms. The van der Waals surface area contributed by atoms with Crippen molar-refractivity contribution in [3.05, 3.63) is 65.2 Å². The molecule has 3 aliphatic rings. The van der Waals surface area contributed by atoms with Crippen LogP contribution < -0.4 is 15.0 Å². The summed E-state index contributed by atoms with van der Waals surface area (Å²) in [5.74, 6) is -3.66. The molecule has 2 N–H and O–H groups in total. The molecule has 0 spiro atoms. The summed E-state index contributed by atoms with van der Waals surface area (Å²) in [5, 5.41) is 12.5. The fourth-order valence-corrected chi connectivity index (χ4v) is 5.49. The first-order valence-electron chi connectivity index (χ1n) is 13.4. The number of fused-ring (bicyclic) bond motifs is 2. The molecule has 0 unspecified atom stereocenters. The zero-order chi connectivity index (χ0) is 31.5. The zero-order valence-corrected chi connectivity index (χ0v) is 23.6. The predicted octanol–water partition coefficient (Wildman–Crippen LogP) is 1.55. The molecule has 3 aromatic rings. The summed E-state index contributed by atoms with van der Waals surface area (Å²) in [6.45, 7) is 3.60. The maximum absolute atomic E-state index is 15.1. The molecule has 6 rings (SSSR count). The van der Waals surface area contributed by atoms with Crippen molar-refractivity contribution < 1.29 is 47.4 Å². The Balaban J connectivity index is 1.39. The van der Waals surface area contributed by atoms with Gasteiger partial charge in [-0.25, -0.2) is 23.9 Å². The van der Waals surface area contributed by atoms with Gasteiger partial charge in [0.05, 0.1) is 38.3 Å². The van der Waals surface area contributed by atoms with Crippen LogP contribution in [-0.2, 0) is 31.2 Å². The number of esters is 1. The van der Waals surface area contributed by atoms with E-state index in [1.807, 2.05) is 0 Å². The zero-order valence-electron chi connectivity index (χ0n) is 23.6. The number of benzene rings is 1. The number of imide groups is 1. The van der Waals surface area contributed by atoms with Crippen LogP contribution in [0.15, 0.2) is 46.9 Å². The summed E-state index contributed by atoms with van der Waals surface area (Å²) in [4.78, 5) is 72.6. The second kappa shape index (κ2) is 10.4. The third kappa shape index (κ3) is 4.52. The molecule has 0 bridgehead atoms. The van der Waals surface area contributed by atoms with E-state index in [0.717, 1.165) is 0 Å². The largest absolute Gasteiger partial charge is 0.494 e. The number of amides is 5. The lowest BCUT2D eigenvalue weighted by Crippen LogP contribution is -2.52. The number of aliphatic hydroxyl groups is 1. The second-order valence-corrected chi connectivity index (χ2v) is 10.7. The van der Waals surface area contributed by atoms with Crippen LogP contribution >= 0.6 is 0 Å². The van der Waals surface area contributed by atoms with Crippen molar-refractivity contribution in [3.8, 4) is 5.75 Å². The SMILES string of the molecule is C=C(C)C(=O)OCN1C(=O)N[C@@](CN2Cc3ccc(OC)c(F)c3C2=O)(c2cc3nc(N4C[C@@H](O)CC4=O)ccc3o2)C1=O. The summed E-state index contributed by atoms with van der Waals surface area (Å²) in [5.41, 5.74) is -1.46. The Labute approximate surface area is 248 Å². The molecule has 2 atom stereocenters. The maximum Gasteiger partial charge on any atom is 0.334 e. The molecule has 2 fully saturated rings. The van der Waals surface area contributed by atoms with Crippen molar-refractivity contribution in [1.29, 1.82) is 0 Å². The number of nitrogens with one attached hydrogen (secondary N) is 1. The number of anilines is 1. The highest BCUT2D eigenvalue weighted by atomic mass is 19.1. The molecular weight excluding hydrogens is 581 g/mol. The average Bonchev–Trinajstić information content (AvgIpc) is 3.71. The Morgan fingerprint density at radius 3 is 2.70 bits per heavy atom. The highest BCUT2D eigenvalue weighted by molar-refractivity contribution is 6.08. The molecule has 3 aliphatic heterocycles. The van der Waals surface area contributed by atoms with Gasteiger partial charge in [-0.1, -0.05) is 12.6 Å². The van der Waals surface area contributed by atoms with Gasteiger partial charge in [0, 0.05) is 18.2 Å². The molecule has 0 aliphatic carbocycles. The standard InChI is InChI=1S/C29H26FN5O9/c1-14(2)26(39)43-13-35-27(40)29(32-28(35)41,12-33-10-15-4-5-19(42-3)24(30)23(15)25(33)38)20-9-17-18(44-20)6-7-21(31-17)34-11-16(36)8-22(34)37/h4-7,9,16,36H,1,8,10-13H2,2-3H3,(H,32,41)/t16-,29-/m0/s1. The lowest BCUT2D eigenvalue weighted by molar-refractivity contribution is -0.147. The van der Waals surface area contributed by atoms with Gasteiger partial charge < -0.3 is 29.2 Å². The van der Waals surface area contributed by atoms with Crippen molar-refractivity contribution in [1.82, 2.24) is 20.1 Å². The lowest BCUT2D eigenvalue weighted by atomic mass is 9.95. The highest BCUT2D eigenvalue weighted by Crippen LogP contribution is 2.38. The summed E-state index contributed by atoms with van der Waals surface area (Å²) < 4.78 is 31.1. The predicted molar refractivity (Wildman–Crippen MR) is 148 cm³/mol. The number of rotatable bonds is 8. The number of ether oxygens (including phenoxy) is 2. The van der Waals surface area contributed by atoms with E-state index in [2.05, 4.69) is 16.9 Å². The minimum absolute atomic E-state index is 0.0457. The van der Waals surface area contributed by atoms with E-state index in [1.165, 1.54) is 54.2 Å². The first-order valence-corrected chi connectivity index (χ1v) is 13.4. The number of carbonyl (C=O) groups excluding carboxylic acids is 5. The van der Waals surface area contributed by atoms with Crippen molar-refractivity contribution in [2.45, 2.75) is 31.5 Å². The molecule has 2 aromatic heterocycles. The number of methoxy groups -OCH3 is 1. The van der Waals surface area contributed by atoms with Crippen LogP contribution in [0.4, 0.5) is 15.0 Å². The smallest absolute Gasteiger partial charge is 0.334 e. The molecule has 228 valence electrons. The number of aromatic nitrogens is 1. The summed E-state index contributed by atoms with van der Waals surface area (Å²) in [7, 11) is 1.27. The summed E-state index contributed by atoms with van der Waals surface area (Å²) >= 11 is 0. The molecule has 5 amide bonds. The van der Waals surface area contributed by atoms with Gasteiger partial charge in [-0.3, -0.25) is 19.3 Å². The van der Waals surface area contributed by atoms with E-state index in [4.69, 9.17) is 13.9 Å². The number of hydrogen-bond donors (Lipinski definition) is 2. The number of β-amino-alcohol motifs (C(OH)–C–C–N with tert-alkyl or cyclic N) is 1. The molecular formula is C29H26FN5O9. The number of urea groups is 1. The van der Waals surface area contributed by atoms with E-state index < -0.39 is 54.6 Å². The normalized spacial score (nSPS) is 21.4. The quantitative estimate of drug-likeness (QED) is 0.217. The summed E-state index contributed by atoms with van der Waals surface area (Å²) in [6.07, 6.45) is -0.892. The van der Waals surface area contributed by atoms with Gasteiger partial charge in [0.25, 0.3) is 11.8 Å². The van der Waals surface area contributed by atoms with Gasteiger partial charge in [-0.2, -0.15) is 0 Å². The van der Waals surface area contributed by atoms with Gasteiger partial charge >= 0.3 is 12.0 Å². The van der Waals surface area contributed by atoms with Gasteiger partial charge in [0.15, 0.2) is 29.4 Å². The molecule has 44 heavy (non-hydrogen) atoms. The first kappa shape index (κ1) is 28.8. The minimum Gasteiger partial charge on any atom is -0.494 e. The number of pyridine rings is 1. The molecule has 5 heterocycles. The van der Waals surface area contributed by atoms with Crippen molar-refractivity contribution in [3.63, 3.8) is 0 Å². The van der Waals surface area contributed by atoms with Crippen LogP contribution in [-0.4, -0.2) is 82.6 Å². The van der Waals surface area contributed by atoms with Gasteiger partial charge in [-0.05, 0) is 30.7 Å². The Kier molecular flexibility index (Phi) is 6.84. The number of furan rings is 1. The van der Waals surface area contributed by atoms with Gasteiger partial charge in [0.2, 0.25) is 5.91 Å². The summed E-state index contributed by atoms with van der Waals surface area (Å²) in [6, 6.07) is 6.38. The van der Waals surface area contributed by atoms with Crippen LogP contribution in [0.5, 0.6) is 5.75 Å². The van der Waals surface area contributed by atoms with Crippen LogP contribution in [0.3, 0.4) is 0 Å². The lowest BCUT2D eigenvalue weighted by Gasteiger charge is -2.29. The molecule has 2 saturated heterocycles. The van der Waals surface area contributed by atoms with E-state index in [9.17, 15) is 29.1 Å². The topological polar surface area (TPSA) is 172 Å². The van der Waals surface area contributed by atoms with Crippen LogP contribution in [0.1, 0.15) is 35.0 Å². The van der Waals surface area contributed by atoms with Crippen LogP contribution in [0.2, 0.25) is 0 Å². The Morgan fingerprint density at radius 2 is 2.02 bits per heavy atom. The first-order chi connectivity index (χ1) is 20.9. The number of halogens is 1. The van der Waals surface area contributed by atoms with Crippen LogP contribution in [0.25, 0.3) is 11.1 Å². The van der Waals surface area contributed by atoms with E-state index in [0.29, 0.717) is 10.5 Å². The number of nitrogens with zero attached hydrogens (tertiary/aromatic N) is 4. The van der Waals surface area contributed by atoms with Gasteiger partial charge in [0.1, 0.15) is 17.1 Å². The molecule has 14 nitrogen and oxygen atoms in total. The third-order valence-corrected chi connectivity index (χ3v) is 7.71. The molecule has 0 saturated carbocycles. The molecule has 1 aromatic carbocycles. The monoisotopic (exact) mass is 607 g/mol. The van der Waals surface area contributed by atoms with Crippen molar-refractivity contribution in [2.75, 3.05) is 31.8 Å². The fraction of sp³-hybridized carbons (Fsp3) is 0.310. The second-order valence-electron chi connectivity index (χ2n) is 10.7. The minimum atomic E-state index is -2.04. The van der Waals surface area contributed by atoms with Crippen molar-refractivity contribution >= 4 is 46.6 Å². The van der Waals surface area contributed by atoms with Crippen LogP contribution in [0, 0.1) is 5.82 Å². The molecule has 0 radical (unpaired) electrons. The number of aliphatic hydroxyl groups excluding tert-OH is 1. The van der Waals surface area contributed by atoms with E-state index in [1.54, 1.807) is 0 Å². The maximum atomic E-state index is 15.1. The Bertz CT molecular complexity index is 1790.